The molecule has 0 bridgehead atoms. The molecule has 5 heteroatoms. The normalized spacial score (nSPS) is 9.92. The van der Waals surface area contributed by atoms with Gasteiger partial charge in [-0.3, -0.25) is 4.55 Å². The molecule has 0 saturated heterocycles. The lowest BCUT2D eigenvalue weighted by Crippen LogP contribution is -1.96. The largest absolute Gasteiger partial charge is 0.508 e. The highest BCUT2D eigenvalue weighted by Gasteiger charge is 2.07. The molecule has 72 valence electrons. The van der Waals surface area contributed by atoms with Crippen LogP contribution in [0, 0.1) is 0 Å². The Hall–Kier alpha value is -1.33. The third kappa shape index (κ3) is 3.73. The number of phenols is 1. The van der Waals surface area contributed by atoms with Crippen LogP contribution in [0.4, 0.5) is 0 Å². The van der Waals surface area contributed by atoms with Crippen molar-refractivity contribution >= 4 is 10.1 Å². The van der Waals surface area contributed by atoms with Gasteiger partial charge in [-0.15, -0.1) is 13.2 Å². The molecule has 0 unspecified atom stereocenters. The fourth-order valence-corrected chi connectivity index (χ4v) is 1.10. The monoisotopic (exact) mass is 202 g/mol. The number of aromatic hydroxyl groups is 1. The summed E-state index contributed by atoms with van der Waals surface area (Å²) in [5.74, 6) is -0.0441. The van der Waals surface area contributed by atoms with Gasteiger partial charge < -0.3 is 5.11 Å². The van der Waals surface area contributed by atoms with Crippen LogP contribution in [-0.4, -0.2) is 18.1 Å². The van der Waals surface area contributed by atoms with Crippen molar-refractivity contribution in [2.45, 2.75) is 4.90 Å². The second-order valence-corrected chi connectivity index (χ2v) is 3.39. The molecule has 1 aromatic carbocycles. The number of hydrogen-bond donors (Lipinski definition) is 2. The first-order valence-corrected chi connectivity index (χ1v) is 4.71. The van der Waals surface area contributed by atoms with Gasteiger partial charge in [0.2, 0.25) is 0 Å². The maximum Gasteiger partial charge on any atom is 0.294 e. The summed E-state index contributed by atoms with van der Waals surface area (Å²) < 4.78 is 29.3. The summed E-state index contributed by atoms with van der Waals surface area (Å²) in [6.45, 7) is 6.00. The molecule has 0 amide bonds. The first-order chi connectivity index (χ1) is 6.00. The minimum atomic E-state index is -4.13. The van der Waals surface area contributed by atoms with Crippen molar-refractivity contribution in [3.8, 4) is 5.75 Å². The highest BCUT2D eigenvalue weighted by atomic mass is 32.2. The van der Waals surface area contributed by atoms with Crippen LogP contribution in [0.25, 0.3) is 0 Å². The van der Waals surface area contributed by atoms with Crippen molar-refractivity contribution < 1.29 is 18.1 Å². The second-order valence-electron chi connectivity index (χ2n) is 1.97. The van der Waals surface area contributed by atoms with E-state index >= 15 is 0 Å². The Morgan fingerprint density at radius 1 is 1.08 bits per heavy atom. The molecule has 0 radical (unpaired) electrons. The van der Waals surface area contributed by atoms with Gasteiger partial charge >= 0.3 is 0 Å². The minimum Gasteiger partial charge on any atom is -0.508 e. The number of hydrogen-bond acceptors (Lipinski definition) is 3. The summed E-state index contributed by atoms with van der Waals surface area (Å²) in [5.41, 5.74) is 0. The maximum absolute atomic E-state index is 10.4. The van der Waals surface area contributed by atoms with E-state index < -0.39 is 10.1 Å². The van der Waals surface area contributed by atoms with Gasteiger partial charge in [0.25, 0.3) is 10.1 Å². The van der Waals surface area contributed by atoms with Crippen LogP contribution in [0.2, 0.25) is 0 Å². The highest BCUT2D eigenvalue weighted by molar-refractivity contribution is 7.85. The van der Waals surface area contributed by atoms with Gasteiger partial charge in [-0.05, 0) is 24.3 Å². The van der Waals surface area contributed by atoms with Crippen molar-refractivity contribution in [3.05, 3.63) is 37.4 Å². The van der Waals surface area contributed by atoms with Crippen LogP contribution in [-0.2, 0) is 10.1 Å². The number of phenolic OH excluding ortho intramolecular Hbond substituents is 1. The van der Waals surface area contributed by atoms with E-state index in [-0.39, 0.29) is 10.6 Å². The summed E-state index contributed by atoms with van der Waals surface area (Å²) in [6, 6.07) is 4.60. The molecule has 2 N–H and O–H groups in total. The maximum atomic E-state index is 10.4. The quantitative estimate of drug-likeness (QED) is 0.533. The van der Waals surface area contributed by atoms with Crippen LogP contribution in [0.3, 0.4) is 0 Å². The molecule has 0 atom stereocenters. The molecular weight excluding hydrogens is 192 g/mol. The highest BCUT2D eigenvalue weighted by Crippen LogP contribution is 2.13. The first-order valence-electron chi connectivity index (χ1n) is 3.27. The summed E-state index contributed by atoms with van der Waals surface area (Å²) in [4.78, 5) is -0.227. The number of benzene rings is 1. The zero-order valence-corrected chi connectivity index (χ0v) is 7.66. The Morgan fingerprint density at radius 2 is 1.46 bits per heavy atom. The van der Waals surface area contributed by atoms with E-state index in [4.69, 9.17) is 9.66 Å². The van der Waals surface area contributed by atoms with Crippen LogP contribution in [0.5, 0.6) is 5.75 Å². The smallest absolute Gasteiger partial charge is 0.294 e. The third-order valence-electron chi connectivity index (χ3n) is 1.13. The van der Waals surface area contributed by atoms with Crippen LogP contribution in [0.15, 0.2) is 42.3 Å². The fraction of sp³-hybridized carbons (Fsp3) is 0. The predicted octanol–water partition coefficient (Wildman–Crippen LogP) is 1.44. The molecule has 0 aromatic heterocycles. The summed E-state index contributed by atoms with van der Waals surface area (Å²) in [6.07, 6.45) is 0. The zero-order valence-electron chi connectivity index (χ0n) is 6.84. The SMILES string of the molecule is C=C.O=S(=O)(O)c1ccc(O)cc1. The van der Waals surface area contributed by atoms with E-state index in [0.717, 1.165) is 12.1 Å². The predicted molar refractivity (Wildman–Crippen MR) is 49.2 cm³/mol. The molecule has 0 saturated carbocycles. The van der Waals surface area contributed by atoms with E-state index in [9.17, 15) is 8.42 Å². The Bertz CT molecular complexity index is 352. The molecule has 0 fully saturated rings. The van der Waals surface area contributed by atoms with Crippen molar-refractivity contribution in [2.75, 3.05) is 0 Å². The van der Waals surface area contributed by atoms with Gasteiger partial charge in [-0.25, -0.2) is 0 Å². The van der Waals surface area contributed by atoms with Crippen molar-refractivity contribution in [1.82, 2.24) is 0 Å². The molecule has 1 aromatic rings. The van der Waals surface area contributed by atoms with Crippen LogP contribution in [0.1, 0.15) is 0 Å². The fourth-order valence-electron chi connectivity index (χ4n) is 0.618. The Kier molecular flexibility index (Phi) is 4.16. The van der Waals surface area contributed by atoms with E-state index in [0.29, 0.717) is 0 Å². The van der Waals surface area contributed by atoms with Gasteiger partial charge in [0.1, 0.15) is 5.75 Å². The van der Waals surface area contributed by atoms with E-state index in [1.165, 1.54) is 12.1 Å². The standard InChI is InChI=1S/C6H6O4S.C2H4/c7-5-1-3-6(4-2-5)11(8,9)10;1-2/h1-4,7H,(H,8,9,10);1-2H2. The van der Waals surface area contributed by atoms with E-state index in [1.807, 2.05) is 0 Å². The molecule has 0 spiro atoms. The minimum absolute atomic E-state index is 0.0441. The third-order valence-corrected chi connectivity index (χ3v) is 2.00. The Morgan fingerprint density at radius 3 is 1.77 bits per heavy atom. The summed E-state index contributed by atoms with van der Waals surface area (Å²) in [5, 5.41) is 8.75. The Balaban J connectivity index is 0.000000671. The molecule has 13 heavy (non-hydrogen) atoms. The molecule has 0 aliphatic rings. The lowest BCUT2D eigenvalue weighted by molar-refractivity contribution is 0.472. The van der Waals surface area contributed by atoms with Gasteiger partial charge in [0.15, 0.2) is 0 Å². The van der Waals surface area contributed by atoms with Gasteiger partial charge in [-0.1, -0.05) is 0 Å². The first kappa shape index (κ1) is 11.7. The van der Waals surface area contributed by atoms with Crippen LogP contribution >= 0.6 is 0 Å². The van der Waals surface area contributed by atoms with Gasteiger partial charge in [0.05, 0.1) is 4.90 Å². The second kappa shape index (κ2) is 4.64. The van der Waals surface area contributed by atoms with E-state index in [2.05, 4.69) is 13.2 Å². The van der Waals surface area contributed by atoms with Crippen LogP contribution < -0.4 is 0 Å². The topological polar surface area (TPSA) is 74.6 Å². The average Bonchev–Trinajstić information content (AvgIpc) is 2.07. The van der Waals surface area contributed by atoms with Crippen molar-refractivity contribution in [1.29, 1.82) is 0 Å². The van der Waals surface area contributed by atoms with E-state index in [1.54, 1.807) is 0 Å². The Labute approximate surface area is 76.9 Å². The van der Waals surface area contributed by atoms with Gasteiger partial charge in [-0.2, -0.15) is 8.42 Å². The van der Waals surface area contributed by atoms with Gasteiger partial charge in [0, 0.05) is 0 Å². The molecular formula is C8H10O4S. The number of rotatable bonds is 1. The average molecular weight is 202 g/mol. The zero-order chi connectivity index (χ0) is 10.5. The molecule has 1 rings (SSSR count). The van der Waals surface area contributed by atoms with Crippen molar-refractivity contribution in [3.63, 3.8) is 0 Å². The molecule has 0 aliphatic heterocycles. The molecule has 0 aliphatic carbocycles. The lowest BCUT2D eigenvalue weighted by Gasteiger charge is -1.94. The summed E-state index contributed by atoms with van der Waals surface area (Å²) >= 11 is 0. The molecule has 0 heterocycles. The van der Waals surface area contributed by atoms with Crippen molar-refractivity contribution in [2.24, 2.45) is 0 Å². The molecule has 4 nitrogen and oxygen atoms in total. The lowest BCUT2D eigenvalue weighted by atomic mass is 10.3. The summed E-state index contributed by atoms with van der Waals surface area (Å²) in [7, 11) is -4.13.